The second-order valence-electron chi connectivity index (χ2n) is 6.67. The molecule has 2 aliphatic rings. The zero-order valence-electron chi connectivity index (χ0n) is 10.9. The van der Waals surface area contributed by atoms with Crippen LogP contribution in [0.3, 0.4) is 0 Å². The molecule has 1 saturated carbocycles. The van der Waals surface area contributed by atoms with E-state index in [9.17, 15) is 0 Å². The molecule has 16 heavy (non-hydrogen) atoms. The number of fused-ring (bicyclic) bond motifs is 1. The molecule has 0 N–H and O–H groups in total. The molecular weight excluding hydrogens is 216 g/mol. The van der Waals surface area contributed by atoms with E-state index in [1.807, 2.05) is 0 Å². The van der Waals surface area contributed by atoms with Gasteiger partial charge in [0.15, 0.2) is 0 Å². The number of hydrogen-bond donors (Lipinski definition) is 0. The van der Waals surface area contributed by atoms with Gasteiger partial charge < -0.3 is 0 Å². The molecule has 0 aromatic heterocycles. The summed E-state index contributed by atoms with van der Waals surface area (Å²) in [5, 5.41) is 0. The first-order valence-corrected chi connectivity index (χ1v) is 6.87. The van der Waals surface area contributed by atoms with Crippen LogP contribution >= 0.6 is 11.6 Å². The molecule has 1 unspecified atom stereocenters. The molecule has 0 saturated heterocycles. The maximum absolute atomic E-state index is 5.96. The van der Waals surface area contributed by atoms with Crippen LogP contribution in [0.1, 0.15) is 47.0 Å². The highest BCUT2D eigenvalue weighted by atomic mass is 35.5. The quantitative estimate of drug-likeness (QED) is 0.568. The maximum atomic E-state index is 5.96. The molecule has 0 nitrogen and oxygen atoms in total. The van der Waals surface area contributed by atoms with Gasteiger partial charge in [-0.15, -0.1) is 11.6 Å². The Hall–Kier alpha value is -0.230. The number of rotatable bonds is 1. The van der Waals surface area contributed by atoms with Crippen molar-refractivity contribution < 1.29 is 0 Å². The molecule has 0 spiro atoms. The summed E-state index contributed by atoms with van der Waals surface area (Å²) in [4.78, 5) is 0. The first-order chi connectivity index (χ1) is 7.37. The minimum atomic E-state index is 0.367. The smallest absolute Gasteiger partial charge is 0.0470 e. The second kappa shape index (κ2) is 3.91. The zero-order chi connectivity index (χ0) is 12.0. The normalized spacial score (nSPS) is 31.4. The molecule has 0 amide bonds. The average molecular weight is 239 g/mol. The summed E-state index contributed by atoms with van der Waals surface area (Å²) in [6.07, 6.45) is 8.54. The standard InChI is InChI=1S/C15H23Cl/c1-14(2)7-8-15(3,4)13-9-11(10-16)5-6-12(13)14/h5,9,12H,6-8,10H2,1-4H3. The van der Waals surface area contributed by atoms with Gasteiger partial charge in [-0.1, -0.05) is 45.4 Å². The van der Waals surface area contributed by atoms with Gasteiger partial charge in [-0.05, 0) is 41.6 Å². The molecule has 0 aromatic carbocycles. The van der Waals surface area contributed by atoms with Gasteiger partial charge in [-0.25, -0.2) is 0 Å². The highest BCUT2D eigenvalue weighted by Crippen LogP contribution is 2.55. The van der Waals surface area contributed by atoms with Crippen LogP contribution in [0.2, 0.25) is 0 Å². The first-order valence-electron chi connectivity index (χ1n) is 6.34. The van der Waals surface area contributed by atoms with E-state index < -0.39 is 0 Å². The van der Waals surface area contributed by atoms with E-state index in [0.717, 1.165) is 5.92 Å². The monoisotopic (exact) mass is 238 g/mol. The molecule has 90 valence electrons. The van der Waals surface area contributed by atoms with Crippen LogP contribution < -0.4 is 0 Å². The SMILES string of the molecule is CC1(C)CCC(C)(C)C2CC=C(CCl)C=C21. The van der Waals surface area contributed by atoms with Crippen molar-refractivity contribution in [1.82, 2.24) is 0 Å². The summed E-state index contributed by atoms with van der Waals surface area (Å²) in [6.45, 7) is 9.61. The minimum Gasteiger partial charge on any atom is -0.122 e. The van der Waals surface area contributed by atoms with Gasteiger partial charge in [0.2, 0.25) is 0 Å². The van der Waals surface area contributed by atoms with E-state index >= 15 is 0 Å². The van der Waals surface area contributed by atoms with Gasteiger partial charge in [-0.3, -0.25) is 0 Å². The molecule has 0 aromatic rings. The van der Waals surface area contributed by atoms with Gasteiger partial charge in [0.1, 0.15) is 0 Å². The zero-order valence-corrected chi connectivity index (χ0v) is 11.7. The Bertz CT molecular complexity index is 344. The van der Waals surface area contributed by atoms with E-state index in [1.54, 1.807) is 5.57 Å². The number of hydrogen-bond acceptors (Lipinski definition) is 0. The first kappa shape index (κ1) is 12.2. The van der Waals surface area contributed by atoms with Crippen LogP contribution in [0.4, 0.5) is 0 Å². The maximum Gasteiger partial charge on any atom is 0.0470 e. The van der Waals surface area contributed by atoms with Crippen molar-refractivity contribution in [2.24, 2.45) is 16.7 Å². The third kappa shape index (κ3) is 1.97. The van der Waals surface area contributed by atoms with Crippen molar-refractivity contribution in [1.29, 1.82) is 0 Å². The molecule has 0 heterocycles. The molecule has 0 aliphatic heterocycles. The van der Waals surface area contributed by atoms with Gasteiger partial charge in [0, 0.05) is 5.88 Å². The number of alkyl halides is 1. The fourth-order valence-corrected chi connectivity index (χ4v) is 3.40. The fraction of sp³-hybridized carbons (Fsp3) is 0.733. The summed E-state index contributed by atoms with van der Waals surface area (Å²) in [5.74, 6) is 1.38. The van der Waals surface area contributed by atoms with Crippen molar-refractivity contribution >= 4 is 11.6 Å². The van der Waals surface area contributed by atoms with E-state index in [-0.39, 0.29) is 0 Å². The molecule has 2 rings (SSSR count). The van der Waals surface area contributed by atoms with Crippen LogP contribution in [0, 0.1) is 16.7 Å². The highest BCUT2D eigenvalue weighted by molar-refractivity contribution is 6.19. The Balaban J connectivity index is 2.38. The molecule has 1 atom stereocenters. The number of allylic oxidation sites excluding steroid dienone is 4. The Morgan fingerprint density at radius 1 is 1.25 bits per heavy atom. The number of halogens is 1. The molecule has 1 heteroatoms. The van der Waals surface area contributed by atoms with Crippen molar-refractivity contribution in [3.63, 3.8) is 0 Å². The summed E-state index contributed by atoms with van der Waals surface area (Å²) in [6, 6.07) is 0. The average Bonchev–Trinajstić information content (AvgIpc) is 2.24. The third-order valence-electron chi connectivity index (χ3n) is 4.61. The lowest BCUT2D eigenvalue weighted by molar-refractivity contribution is 0.123. The van der Waals surface area contributed by atoms with Crippen LogP contribution in [-0.2, 0) is 0 Å². The molecule has 1 fully saturated rings. The Morgan fingerprint density at radius 2 is 1.94 bits per heavy atom. The lowest BCUT2D eigenvalue weighted by Gasteiger charge is -2.49. The lowest BCUT2D eigenvalue weighted by Crippen LogP contribution is -2.39. The summed E-state index contributed by atoms with van der Waals surface area (Å²) in [5.41, 5.74) is 3.78. The van der Waals surface area contributed by atoms with Crippen molar-refractivity contribution in [3.05, 3.63) is 23.3 Å². The Morgan fingerprint density at radius 3 is 2.56 bits per heavy atom. The van der Waals surface area contributed by atoms with Crippen LogP contribution in [0.25, 0.3) is 0 Å². The minimum absolute atomic E-state index is 0.367. The van der Waals surface area contributed by atoms with Gasteiger partial charge in [0.05, 0.1) is 0 Å². The summed E-state index contributed by atoms with van der Waals surface area (Å²) < 4.78 is 0. The predicted molar refractivity (Wildman–Crippen MR) is 71.8 cm³/mol. The fourth-order valence-electron chi connectivity index (χ4n) is 3.21. The Kier molecular flexibility index (Phi) is 2.99. The summed E-state index contributed by atoms with van der Waals surface area (Å²) >= 11 is 5.96. The molecular formula is C15H23Cl. The topological polar surface area (TPSA) is 0 Å². The van der Waals surface area contributed by atoms with Gasteiger partial charge in [0.25, 0.3) is 0 Å². The van der Waals surface area contributed by atoms with E-state index in [0.29, 0.717) is 16.7 Å². The van der Waals surface area contributed by atoms with E-state index in [1.165, 1.54) is 24.8 Å². The van der Waals surface area contributed by atoms with Crippen LogP contribution in [-0.4, -0.2) is 5.88 Å². The van der Waals surface area contributed by atoms with Gasteiger partial charge >= 0.3 is 0 Å². The molecule has 2 aliphatic carbocycles. The summed E-state index contributed by atoms with van der Waals surface area (Å²) in [7, 11) is 0. The van der Waals surface area contributed by atoms with Crippen LogP contribution in [0.5, 0.6) is 0 Å². The molecule has 0 bridgehead atoms. The van der Waals surface area contributed by atoms with Gasteiger partial charge in [-0.2, -0.15) is 0 Å². The lowest BCUT2D eigenvalue weighted by atomic mass is 9.55. The van der Waals surface area contributed by atoms with Crippen LogP contribution in [0.15, 0.2) is 23.3 Å². The highest BCUT2D eigenvalue weighted by Gasteiger charge is 2.43. The molecule has 0 radical (unpaired) electrons. The van der Waals surface area contributed by atoms with E-state index in [4.69, 9.17) is 11.6 Å². The van der Waals surface area contributed by atoms with Crippen molar-refractivity contribution in [3.8, 4) is 0 Å². The van der Waals surface area contributed by atoms with E-state index in [2.05, 4.69) is 39.8 Å². The Labute approximate surface area is 105 Å². The van der Waals surface area contributed by atoms with Crippen molar-refractivity contribution in [2.75, 3.05) is 5.88 Å². The third-order valence-corrected chi connectivity index (χ3v) is 4.91. The van der Waals surface area contributed by atoms with Crippen molar-refractivity contribution in [2.45, 2.75) is 47.0 Å². The predicted octanol–water partition coefficient (Wildman–Crippen LogP) is 4.94. The largest absolute Gasteiger partial charge is 0.122 e. The second-order valence-corrected chi connectivity index (χ2v) is 6.94.